The predicted molar refractivity (Wildman–Crippen MR) is 83.2 cm³/mol. The number of methoxy groups -OCH3 is 1. The van der Waals surface area contributed by atoms with E-state index >= 15 is 0 Å². The van der Waals surface area contributed by atoms with E-state index in [0.29, 0.717) is 23.7 Å². The van der Waals surface area contributed by atoms with Crippen molar-refractivity contribution in [3.05, 3.63) is 59.7 Å². The molecule has 2 aromatic carbocycles. The molecule has 1 unspecified atom stereocenters. The lowest BCUT2D eigenvalue weighted by molar-refractivity contribution is -0.138. The van der Waals surface area contributed by atoms with Crippen LogP contribution in [0.15, 0.2) is 48.5 Å². The lowest BCUT2D eigenvalue weighted by atomic mass is 9.98. The van der Waals surface area contributed by atoms with Crippen molar-refractivity contribution in [2.24, 2.45) is 5.73 Å². The van der Waals surface area contributed by atoms with Gasteiger partial charge in [0.2, 0.25) is 0 Å². The molecule has 0 aliphatic carbocycles. The summed E-state index contributed by atoms with van der Waals surface area (Å²) in [5.41, 5.74) is 7.10. The van der Waals surface area contributed by atoms with E-state index in [2.05, 4.69) is 0 Å². The summed E-state index contributed by atoms with van der Waals surface area (Å²) in [5, 5.41) is 9.27. The monoisotopic (exact) mass is 301 g/mol. The molecular formula is C17H19NO4. The van der Waals surface area contributed by atoms with Crippen LogP contribution in [0.1, 0.15) is 17.0 Å². The number of benzene rings is 2. The van der Waals surface area contributed by atoms with E-state index in [9.17, 15) is 9.90 Å². The van der Waals surface area contributed by atoms with E-state index in [1.807, 2.05) is 30.3 Å². The molecule has 0 saturated heterocycles. The lowest BCUT2D eigenvalue weighted by Crippen LogP contribution is -2.21. The fourth-order valence-electron chi connectivity index (χ4n) is 2.24. The fraction of sp³-hybridized carbons (Fsp3) is 0.235. The number of para-hydroxylation sites is 1. The third-order valence-corrected chi connectivity index (χ3v) is 3.36. The molecule has 2 rings (SSSR count). The van der Waals surface area contributed by atoms with Gasteiger partial charge in [0.05, 0.1) is 13.0 Å². The SMILES string of the molecule is COc1c(OCc2ccccc2)cccc1C(CN)C(=O)O. The van der Waals surface area contributed by atoms with E-state index in [1.54, 1.807) is 18.2 Å². The standard InChI is InChI=1S/C17H19NO4/c1-21-16-13(14(10-18)17(19)20)8-5-9-15(16)22-11-12-6-3-2-4-7-12/h2-9,14H,10-11,18H2,1H3,(H,19,20). The maximum Gasteiger partial charge on any atom is 0.312 e. The van der Waals surface area contributed by atoms with Crippen molar-refractivity contribution in [2.75, 3.05) is 13.7 Å². The number of carbonyl (C=O) groups is 1. The van der Waals surface area contributed by atoms with Gasteiger partial charge in [0.15, 0.2) is 11.5 Å². The van der Waals surface area contributed by atoms with E-state index in [1.165, 1.54) is 7.11 Å². The van der Waals surface area contributed by atoms with Crippen LogP contribution in [0, 0.1) is 0 Å². The van der Waals surface area contributed by atoms with Crippen molar-refractivity contribution in [2.45, 2.75) is 12.5 Å². The number of aliphatic carboxylic acids is 1. The van der Waals surface area contributed by atoms with Gasteiger partial charge in [-0.15, -0.1) is 0 Å². The molecular weight excluding hydrogens is 282 g/mol. The quantitative estimate of drug-likeness (QED) is 0.820. The maximum atomic E-state index is 11.3. The van der Waals surface area contributed by atoms with Gasteiger partial charge in [-0.2, -0.15) is 0 Å². The van der Waals surface area contributed by atoms with Gasteiger partial charge in [-0.3, -0.25) is 4.79 Å². The van der Waals surface area contributed by atoms with Crippen LogP contribution in [0.2, 0.25) is 0 Å². The largest absolute Gasteiger partial charge is 0.493 e. The normalized spacial score (nSPS) is 11.7. The molecule has 0 amide bonds. The van der Waals surface area contributed by atoms with Gasteiger partial charge in [0.25, 0.3) is 0 Å². The summed E-state index contributed by atoms with van der Waals surface area (Å²) in [6.07, 6.45) is 0. The van der Waals surface area contributed by atoms with Gasteiger partial charge in [-0.05, 0) is 11.6 Å². The first kappa shape index (κ1) is 15.9. The maximum absolute atomic E-state index is 11.3. The summed E-state index contributed by atoms with van der Waals surface area (Å²) < 4.78 is 11.1. The highest BCUT2D eigenvalue weighted by molar-refractivity contribution is 5.78. The average molecular weight is 301 g/mol. The number of carboxylic acid groups (broad SMARTS) is 1. The van der Waals surface area contributed by atoms with E-state index in [0.717, 1.165) is 5.56 Å². The van der Waals surface area contributed by atoms with Crippen molar-refractivity contribution in [3.63, 3.8) is 0 Å². The highest BCUT2D eigenvalue weighted by Crippen LogP contribution is 2.36. The number of carboxylic acids is 1. The van der Waals surface area contributed by atoms with E-state index in [-0.39, 0.29) is 6.54 Å². The Labute approximate surface area is 129 Å². The molecule has 0 aliphatic heterocycles. The molecule has 0 heterocycles. The molecule has 0 aliphatic rings. The molecule has 0 bridgehead atoms. The molecule has 1 atom stereocenters. The Bertz CT molecular complexity index is 628. The minimum Gasteiger partial charge on any atom is -0.493 e. The summed E-state index contributed by atoms with van der Waals surface area (Å²) in [4.78, 5) is 11.3. The summed E-state index contributed by atoms with van der Waals surface area (Å²) in [5.74, 6) is -0.893. The molecule has 5 nitrogen and oxygen atoms in total. The molecule has 116 valence electrons. The Morgan fingerprint density at radius 1 is 1.18 bits per heavy atom. The molecule has 0 aromatic heterocycles. The minimum atomic E-state index is -0.985. The molecule has 0 fully saturated rings. The smallest absolute Gasteiger partial charge is 0.312 e. The van der Waals surface area contributed by atoms with Crippen molar-refractivity contribution in [1.29, 1.82) is 0 Å². The van der Waals surface area contributed by atoms with Crippen LogP contribution in [0.5, 0.6) is 11.5 Å². The van der Waals surface area contributed by atoms with Crippen molar-refractivity contribution in [3.8, 4) is 11.5 Å². The number of rotatable bonds is 7. The number of ether oxygens (including phenoxy) is 2. The van der Waals surface area contributed by atoms with Crippen LogP contribution in [0.4, 0.5) is 0 Å². The van der Waals surface area contributed by atoms with Crippen LogP contribution in [-0.4, -0.2) is 24.7 Å². The highest BCUT2D eigenvalue weighted by atomic mass is 16.5. The van der Waals surface area contributed by atoms with Crippen LogP contribution >= 0.6 is 0 Å². The number of nitrogens with two attached hydrogens (primary N) is 1. The summed E-state index contributed by atoms with van der Waals surface area (Å²) in [6, 6.07) is 14.9. The van der Waals surface area contributed by atoms with Gasteiger partial charge in [-0.25, -0.2) is 0 Å². The molecule has 3 N–H and O–H groups in total. The summed E-state index contributed by atoms with van der Waals surface area (Å²) >= 11 is 0. The first-order chi connectivity index (χ1) is 10.7. The second-order valence-corrected chi connectivity index (χ2v) is 4.78. The van der Waals surface area contributed by atoms with Crippen LogP contribution in [-0.2, 0) is 11.4 Å². The van der Waals surface area contributed by atoms with Crippen LogP contribution < -0.4 is 15.2 Å². The van der Waals surface area contributed by atoms with Gasteiger partial charge in [0.1, 0.15) is 6.61 Å². The number of hydrogen-bond donors (Lipinski definition) is 2. The second kappa shape index (κ2) is 7.47. The topological polar surface area (TPSA) is 81.8 Å². The van der Waals surface area contributed by atoms with Crippen molar-refractivity contribution < 1.29 is 19.4 Å². The Balaban J connectivity index is 2.26. The van der Waals surface area contributed by atoms with Gasteiger partial charge < -0.3 is 20.3 Å². The third-order valence-electron chi connectivity index (χ3n) is 3.36. The van der Waals surface area contributed by atoms with Crippen LogP contribution in [0.25, 0.3) is 0 Å². The molecule has 0 saturated carbocycles. The summed E-state index contributed by atoms with van der Waals surface area (Å²) in [6.45, 7) is 0.370. The molecule has 2 aromatic rings. The van der Waals surface area contributed by atoms with Gasteiger partial charge in [0, 0.05) is 12.1 Å². The Kier molecular flexibility index (Phi) is 5.38. The fourth-order valence-corrected chi connectivity index (χ4v) is 2.24. The second-order valence-electron chi connectivity index (χ2n) is 4.78. The predicted octanol–water partition coefficient (Wildman–Crippen LogP) is 2.40. The van der Waals surface area contributed by atoms with Gasteiger partial charge >= 0.3 is 5.97 Å². The van der Waals surface area contributed by atoms with E-state index in [4.69, 9.17) is 15.2 Å². The van der Waals surface area contributed by atoms with Gasteiger partial charge in [-0.1, -0.05) is 42.5 Å². The first-order valence-corrected chi connectivity index (χ1v) is 6.94. The number of hydrogen-bond acceptors (Lipinski definition) is 4. The average Bonchev–Trinajstić information content (AvgIpc) is 2.54. The van der Waals surface area contributed by atoms with Crippen molar-refractivity contribution >= 4 is 5.97 Å². The highest BCUT2D eigenvalue weighted by Gasteiger charge is 2.24. The Hall–Kier alpha value is -2.53. The molecule has 5 heteroatoms. The third kappa shape index (κ3) is 3.56. The van der Waals surface area contributed by atoms with Crippen molar-refractivity contribution in [1.82, 2.24) is 0 Å². The lowest BCUT2D eigenvalue weighted by Gasteiger charge is -2.18. The molecule has 22 heavy (non-hydrogen) atoms. The Morgan fingerprint density at radius 3 is 2.50 bits per heavy atom. The zero-order valence-electron chi connectivity index (χ0n) is 12.4. The molecule has 0 spiro atoms. The minimum absolute atomic E-state index is 0.00612. The Morgan fingerprint density at radius 2 is 1.91 bits per heavy atom. The van der Waals surface area contributed by atoms with Crippen LogP contribution in [0.3, 0.4) is 0 Å². The first-order valence-electron chi connectivity index (χ1n) is 6.94. The van der Waals surface area contributed by atoms with E-state index < -0.39 is 11.9 Å². The summed E-state index contributed by atoms with van der Waals surface area (Å²) in [7, 11) is 1.49. The zero-order valence-corrected chi connectivity index (χ0v) is 12.4. The molecule has 0 radical (unpaired) electrons. The zero-order chi connectivity index (χ0) is 15.9.